The zero-order valence-electron chi connectivity index (χ0n) is 14.5. The van der Waals surface area contributed by atoms with Crippen LogP contribution in [0.15, 0.2) is 48.5 Å². The highest BCUT2D eigenvalue weighted by Gasteiger charge is 2.40. The molecule has 0 aromatic heterocycles. The summed E-state index contributed by atoms with van der Waals surface area (Å²) in [5.41, 5.74) is 1.04. The molecule has 1 saturated heterocycles. The maximum absolute atomic E-state index is 12.8. The van der Waals surface area contributed by atoms with E-state index in [1.54, 1.807) is 30.3 Å². The van der Waals surface area contributed by atoms with E-state index in [-0.39, 0.29) is 35.6 Å². The van der Waals surface area contributed by atoms with Gasteiger partial charge in [0, 0.05) is 6.42 Å². The summed E-state index contributed by atoms with van der Waals surface area (Å²) in [6, 6.07) is 13.0. The van der Waals surface area contributed by atoms with Gasteiger partial charge in [-0.3, -0.25) is 9.59 Å². The number of anilines is 1. The molecule has 0 spiro atoms. The van der Waals surface area contributed by atoms with Crippen LogP contribution in [0.5, 0.6) is 5.75 Å². The standard InChI is InChI=1S/C20H19NO5/c1-12(2)26-16-8-6-13(7-9-16)17-11-18(22)21(19(17)23)15-5-3-4-14(10-15)20(24)25/h3-10,12,17H,11H2,1-2H3,(H,24,25)/t17-/m0/s1. The van der Waals surface area contributed by atoms with E-state index in [0.717, 1.165) is 10.5 Å². The second kappa shape index (κ2) is 7.00. The molecule has 6 nitrogen and oxygen atoms in total. The lowest BCUT2D eigenvalue weighted by Crippen LogP contribution is -2.30. The molecule has 0 unspecified atom stereocenters. The number of ether oxygens (including phenoxy) is 1. The molecular formula is C20H19NO5. The number of carboxylic acids is 1. The number of aromatic carboxylic acids is 1. The highest BCUT2D eigenvalue weighted by Crippen LogP contribution is 2.34. The SMILES string of the molecule is CC(C)Oc1ccc([C@@H]2CC(=O)N(c3cccc(C(=O)O)c3)C2=O)cc1. The van der Waals surface area contributed by atoms with Crippen molar-refractivity contribution in [2.45, 2.75) is 32.3 Å². The van der Waals surface area contributed by atoms with Crippen LogP contribution in [0, 0.1) is 0 Å². The van der Waals surface area contributed by atoms with Crippen molar-refractivity contribution in [1.82, 2.24) is 0 Å². The van der Waals surface area contributed by atoms with Crippen LogP contribution in [-0.4, -0.2) is 29.0 Å². The molecule has 2 aromatic rings. The second-order valence-electron chi connectivity index (χ2n) is 6.42. The Kier molecular flexibility index (Phi) is 4.75. The van der Waals surface area contributed by atoms with E-state index in [1.165, 1.54) is 18.2 Å². The van der Waals surface area contributed by atoms with Crippen LogP contribution in [0.4, 0.5) is 5.69 Å². The van der Waals surface area contributed by atoms with Crippen LogP contribution in [0.3, 0.4) is 0 Å². The van der Waals surface area contributed by atoms with Gasteiger partial charge in [-0.15, -0.1) is 0 Å². The van der Waals surface area contributed by atoms with E-state index >= 15 is 0 Å². The Bertz CT molecular complexity index is 857. The summed E-state index contributed by atoms with van der Waals surface area (Å²) in [6.45, 7) is 3.85. The molecule has 134 valence electrons. The fourth-order valence-corrected chi connectivity index (χ4v) is 2.99. The first-order chi connectivity index (χ1) is 12.4. The van der Waals surface area contributed by atoms with Crippen LogP contribution in [0.1, 0.15) is 42.1 Å². The minimum Gasteiger partial charge on any atom is -0.491 e. The molecule has 1 heterocycles. The van der Waals surface area contributed by atoms with Crippen molar-refractivity contribution < 1.29 is 24.2 Å². The van der Waals surface area contributed by atoms with Crippen molar-refractivity contribution in [2.24, 2.45) is 0 Å². The number of benzene rings is 2. The van der Waals surface area contributed by atoms with E-state index in [2.05, 4.69) is 0 Å². The van der Waals surface area contributed by atoms with Gasteiger partial charge in [0.1, 0.15) is 5.75 Å². The molecule has 26 heavy (non-hydrogen) atoms. The summed E-state index contributed by atoms with van der Waals surface area (Å²) >= 11 is 0. The van der Waals surface area contributed by atoms with Crippen LogP contribution in [0.25, 0.3) is 0 Å². The topological polar surface area (TPSA) is 83.9 Å². The summed E-state index contributed by atoms with van der Waals surface area (Å²) in [5, 5.41) is 9.10. The van der Waals surface area contributed by atoms with Crippen LogP contribution in [0.2, 0.25) is 0 Å². The van der Waals surface area contributed by atoms with Gasteiger partial charge in [0.05, 0.1) is 23.3 Å². The first kappa shape index (κ1) is 17.7. The van der Waals surface area contributed by atoms with Gasteiger partial charge in [-0.2, -0.15) is 0 Å². The molecule has 0 saturated carbocycles. The third-order valence-electron chi connectivity index (χ3n) is 4.15. The Morgan fingerprint density at radius 1 is 1.15 bits per heavy atom. The number of hydrogen-bond donors (Lipinski definition) is 1. The molecule has 1 aliphatic heterocycles. The molecule has 0 bridgehead atoms. The number of hydrogen-bond acceptors (Lipinski definition) is 4. The van der Waals surface area contributed by atoms with E-state index in [4.69, 9.17) is 9.84 Å². The average molecular weight is 353 g/mol. The molecule has 1 fully saturated rings. The number of amides is 2. The van der Waals surface area contributed by atoms with Gasteiger partial charge < -0.3 is 9.84 Å². The fraction of sp³-hybridized carbons (Fsp3) is 0.250. The zero-order valence-corrected chi connectivity index (χ0v) is 14.5. The number of rotatable bonds is 5. The van der Waals surface area contributed by atoms with Gasteiger partial charge in [0.2, 0.25) is 11.8 Å². The smallest absolute Gasteiger partial charge is 0.335 e. The Balaban J connectivity index is 1.85. The highest BCUT2D eigenvalue weighted by molar-refractivity contribution is 6.22. The number of carbonyl (C=O) groups is 3. The van der Waals surface area contributed by atoms with Gasteiger partial charge in [-0.25, -0.2) is 9.69 Å². The lowest BCUT2D eigenvalue weighted by molar-refractivity contribution is -0.121. The van der Waals surface area contributed by atoms with E-state index in [0.29, 0.717) is 5.75 Å². The molecule has 2 amide bonds. The van der Waals surface area contributed by atoms with Crippen LogP contribution in [-0.2, 0) is 9.59 Å². The maximum atomic E-state index is 12.8. The van der Waals surface area contributed by atoms with E-state index < -0.39 is 11.9 Å². The Morgan fingerprint density at radius 3 is 2.46 bits per heavy atom. The monoisotopic (exact) mass is 353 g/mol. The van der Waals surface area contributed by atoms with Gasteiger partial charge in [0.25, 0.3) is 0 Å². The van der Waals surface area contributed by atoms with Crippen molar-refractivity contribution in [2.75, 3.05) is 4.90 Å². The number of nitrogens with zero attached hydrogens (tertiary/aromatic N) is 1. The number of imide groups is 1. The van der Waals surface area contributed by atoms with Gasteiger partial charge >= 0.3 is 5.97 Å². The van der Waals surface area contributed by atoms with Crippen LogP contribution < -0.4 is 9.64 Å². The Morgan fingerprint density at radius 2 is 1.85 bits per heavy atom. The van der Waals surface area contributed by atoms with Gasteiger partial charge in [-0.05, 0) is 49.7 Å². The number of carboxylic acid groups (broad SMARTS) is 1. The molecule has 1 atom stereocenters. The van der Waals surface area contributed by atoms with Crippen molar-refractivity contribution in [3.8, 4) is 5.75 Å². The number of carbonyl (C=O) groups excluding carboxylic acids is 2. The molecule has 1 aliphatic rings. The summed E-state index contributed by atoms with van der Waals surface area (Å²) in [6.07, 6.45) is 0.105. The fourth-order valence-electron chi connectivity index (χ4n) is 2.99. The maximum Gasteiger partial charge on any atom is 0.335 e. The van der Waals surface area contributed by atoms with Crippen molar-refractivity contribution in [3.63, 3.8) is 0 Å². The lowest BCUT2D eigenvalue weighted by Gasteiger charge is -2.16. The Labute approximate surface area is 151 Å². The van der Waals surface area contributed by atoms with E-state index in [9.17, 15) is 14.4 Å². The summed E-state index contributed by atoms with van der Waals surface area (Å²) in [5.74, 6) is -1.68. The third kappa shape index (κ3) is 3.44. The summed E-state index contributed by atoms with van der Waals surface area (Å²) in [7, 11) is 0. The molecule has 1 N–H and O–H groups in total. The highest BCUT2D eigenvalue weighted by atomic mass is 16.5. The minimum atomic E-state index is -1.11. The Hall–Kier alpha value is -3.15. The molecule has 2 aromatic carbocycles. The summed E-state index contributed by atoms with van der Waals surface area (Å²) < 4.78 is 5.59. The quantitative estimate of drug-likeness (QED) is 0.835. The summed E-state index contributed by atoms with van der Waals surface area (Å²) in [4.78, 5) is 37.4. The first-order valence-corrected chi connectivity index (χ1v) is 8.33. The third-order valence-corrected chi connectivity index (χ3v) is 4.15. The largest absolute Gasteiger partial charge is 0.491 e. The average Bonchev–Trinajstić information content (AvgIpc) is 2.89. The van der Waals surface area contributed by atoms with Crippen LogP contribution >= 0.6 is 0 Å². The molecular weight excluding hydrogens is 334 g/mol. The molecule has 6 heteroatoms. The molecule has 0 aliphatic carbocycles. The lowest BCUT2D eigenvalue weighted by atomic mass is 9.97. The minimum absolute atomic E-state index is 0.0294. The molecule has 0 radical (unpaired) electrons. The van der Waals surface area contributed by atoms with E-state index in [1.807, 2.05) is 13.8 Å². The first-order valence-electron chi connectivity index (χ1n) is 8.33. The molecule has 3 rings (SSSR count). The predicted molar refractivity (Wildman–Crippen MR) is 95.5 cm³/mol. The second-order valence-corrected chi connectivity index (χ2v) is 6.42. The normalized spacial score (nSPS) is 17.0. The van der Waals surface area contributed by atoms with Gasteiger partial charge in [0.15, 0.2) is 0 Å². The van der Waals surface area contributed by atoms with Crippen molar-refractivity contribution in [1.29, 1.82) is 0 Å². The van der Waals surface area contributed by atoms with Crippen molar-refractivity contribution >= 4 is 23.5 Å². The zero-order chi connectivity index (χ0) is 18.8. The van der Waals surface area contributed by atoms with Gasteiger partial charge in [-0.1, -0.05) is 18.2 Å². The predicted octanol–water partition coefficient (Wildman–Crippen LogP) is 3.22. The van der Waals surface area contributed by atoms with Crippen molar-refractivity contribution in [3.05, 3.63) is 59.7 Å².